The molecule has 8 heteroatoms. The van der Waals surface area contributed by atoms with Crippen LogP contribution < -0.4 is 15.8 Å². The number of carbonyl (C=O) groups excluding carboxylic acids is 1. The van der Waals surface area contributed by atoms with Gasteiger partial charge in [-0.25, -0.2) is 9.97 Å². The number of benzene rings is 2. The highest BCUT2D eigenvalue weighted by Crippen LogP contribution is 2.34. The number of nitrogens with one attached hydrogen (secondary N) is 1. The molecule has 1 saturated heterocycles. The lowest BCUT2D eigenvalue weighted by Crippen LogP contribution is -2.41. The summed E-state index contributed by atoms with van der Waals surface area (Å²) in [5.41, 5.74) is 8.71. The van der Waals surface area contributed by atoms with Gasteiger partial charge in [0.25, 0.3) is 0 Å². The number of nitrogen functional groups attached to an aromatic ring is 1. The van der Waals surface area contributed by atoms with Crippen LogP contribution in [-0.2, 0) is 11.3 Å². The number of nitrogens with zero attached hydrogens (tertiary/aromatic N) is 4. The predicted molar refractivity (Wildman–Crippen MR) is 137 cm³/mol. The standard InChI is InChI=1S/C27H30N6O2/c1-2-32-14-6-7-20(32)15-29-24(34)17-33-16-23(25-26(28)30-18-31-27(25)33)19-10-12-22(13-11-19)35-21-8-4-3-5-9-21/h3-5,8-13,16,18,20H,2,6-7,14-15,17H2,1H3,(H,29,34)(H2,28,30,31). The molecule has 8 nitrogen and oxygen atoms in total. The lowest BCUT2D eigenvalue weighted by Gasteiger charge is -2.22. The number of para-hydroxylation sites is 1. The molecule has 0 saturated carbocycles. The lowest BCUT2D eigenvalue weighted by molar-refractivity contribution is -0.121. The minimum absolute atomic E-state index is 0.0415. The zero-order chi connectivity index (χ0) is 24.2. The first-order valence-corrected chi connectivity index (χ1v) is 12.1. The molecule has 5 rings (SSSR count). The molecule has 0 bridgehead atoms. The highest BCUT2D eigenvalue weighted by molar-refractivity contribution is 6.01. The van der Waals surface area contributed by atoms with Crippen molar-refractivity contribution in [1.82, 2.24) is 24.8 Å². The van der Waals surface area contributed by atoms with Gasteiger partial charge >= 0.3 is 0 Å². The van der Waals surface area contributed by atoms with Gasteiger partial charge in [-0.1, -0.05) is 37.3 Å². The van der Waals surface area contributed by atoms with Crippen molar-refractivity contribution in [3.8, 4) is 22.6 Å². The second-order valence-corrected chi connectivity index (χ2v) is 8.80. The quantitative estimate of drug-likeness (QED) is 0.403. The fourth-order valence-corrected chi connectivity index (χ4v) is 4.80. The van der Waals surface area contributed by atoms with Crippen LogP contribution in [0.3, 0.4) is 0 Å². The Morgan fingerprint density at radius 1 is 1.11 bits per heavy atom. The number of carbonyl (C=O) groups is 1. The number of likely N-dealkylation sites (N-methyl/N-ethyl adjacent to an activating group) is 1. The number of rotatable bonds is 8. The molecule has 1 amide bonds. The Bertz CT molecular complexity index is 1300. The van der Waals surface area contributed by atoms with Crippen LogP contribution in [-0.4, -0.2) is 51.0 Å². The number of fused-ring (bicyclic) bond motifs is 1. The molecule has 180 valence electrons. The predicted octanol–water partition coefficient (Wildman–Crippen LogP) is 4.07. The summed E-state index contributed by atoms with van der Waals surface area (Å²) in [7, 11) is 0. The van der Waals surface area contributed by atoms with Gasteiger partial charge in [-0.2, -0.15) is 0 Å². The monoisotopic (exact) mass is 470 g/mol. The van der Waals surface area contributed by atoms with Crippen molar-refractivity contribution in [3.05, 3.63) is 67.1 Å². The molecular formula is C27H30N6O2. The molecule has 0 aliphatic carbocycles. The summed E-state index contributed by atoms with van der Waals surface area (Å²) in [6.45, 7) is 5.11. The van der Waals surface area contributed by atoms with Gasteiger partial charge < -0.3 is 20.4 Å². The maximum absolute atomic E-state index is 12.8. The van der Waals surface area contributed by atoms with E-state index in [4.69, 9.17) is 10.5 Å². The minimum atomic E-state index is -0.0415. The third-order valence-electron chi connectivity index (χ3n) is 6.58. The number of likely N-dealkylation sites (tertiary alicyclic amines) is 1. The molecule has 2 aromatic heterocycles. The van der Waals surface area contributed by atoms with Crippen LogP contribution in [0, 0.1) is 0 Å². The maximum Gasteiger partial charge on any atom is 0.240 e. The number of hydrogen-bond donors (Lipinski definition) is 2. The first-order valence-electron chi connectivity index (χ1n) is 12.1. The Kier molecular flexibility index (Phi) is 6.63. The van der Waals surface area contributed by atoms with Crippen molar-refractivity contribution < 1.29 is 9.53 Å². The number of nitrogens with two attached hydrogens (primary N) is 1. The number of ether oxygens (including phenoxy) is 1. The third kappa shape index (κ3) is 4.97. The number of aromatic nitrogens is 3. The smallest absolute Gasteiger partial charge is 0.240 e. The Morgan fingerprint density at radius 3 is 2.66 bits per heavy atom. The second-order valence-electron chi connectivity index (χ2n) is 8.80. The molecule has 0 radical (unpaired) electrons. The van der Waals surface area contributed by atoms with E-state index in [1.54, 1.807) is 0 Å². The third-order valence-corrected chi connectivity index (χ3v) is 6.58. The highest BCUT2D eigenvalue weighted by atomic mass is 16.5. The summed E-state index contributed by atoms with van der Waals surface area (Å²) >= 11 is 0. The molecule has 1 fully saturated rings. The Labute approximate surface area is 204 Å². The summed E-state index contributed by atoms with van der Waals surface area (Å²) in [5.74, 6) is 1.86. The molecular weight excluding hydrogens is 440 g/mol. The van der Waals surface area contributed by atoms with Crippen molar-refractivity contribution in [2.45, 2.75) is 32.4 Å². The lowest BCUT2D eigenvalue weighted by atomic mass is 10.1. The molecule has 0 spiro atoms. The average molecular weight is 471 g/mol. The Hall–Kier alpha value is -3.91. The van der Waals surface area contributed by atoms with Crippen LogP contribution in [0.25, 0.3) is 22.2 Å². The molecule has 3 N–H and O–H groups in total. The summed E-state index contributed by atoms with van der Waals surface area (Å²) < 4.78 is 7.76. The normalized spacial score (nSPS) is 16.0. The van der Waals surface area contributed by atoms with Crippen LogP contribution >= 0.6 is 0 Å². The minimum Gasteiger partial charge on any atom is -0.457 e. The zero-order valence-electron chi connectivity index (χ0n) is 19.9. The summed E-state index contributed by atoms with van der Waals surface area (Å²) in [4.78, 5) is 23.9. The van der Waals surface area contributed by atoms with Crippen molar-refractivity contribution >= 4 is 22.8 Å². The summed E-state index contributed by atoms with van der Waals surface area (Å²) in [6, 6.07) is 17.8. The first-order chi connectivity index (χ1) is 17.1. The van der Waals surface area contributed by atoms with Crippen molar-refractivity contribution in [1.29, 1.82) is 0 Å². The van der Waals surface area contributed by atoms with Crippen LogP contribution in [0.1, 0.15) is 19.8 Å². The largest absolute Gasteiger partial charge is 0.457 e. The average Bonchev–Trinajstić information content (AvgIpc) is 3.49. The molecule has 1 atom stereocenters. The molecule has 1 aliphatic rings. The van der Waals surface area contributed by atoms with Gasteiger partial charge in [0.05, 0.1) is 5.39 Å². The number of amides is 1. The SMILES string of the molecule is CCN1CCCC1CNC(=O)Cn1cc(-c2ccc(Oc3ccccc3)cc2)c2c(N)ncnc21. The van der Waals surface area contributed by atoms with Crippen molar-refractivity contribution in [2.75, 3.05) is 25.4 Å². The van der Waals surface area contributed by atoms with E-state index in [1.165, 1.54) is 12.7 Å². The Balaban J connectivity index is 1.35. The first kappa shape index (κ1) is 22.9. The van der Waals surface area contributed by atoms with Crippen molar-refractivity contribution in [3.63, 3.8) is 0 Å². The highest BCUT2D eigenvalue weighted by Gasteiger charge is 2.23. The number of anilines is 1. The van der Waals surface area contributed by atoms with E-state index in [-0.39, 0.29) is 12.5 Å². The van der Waals surface area contributed by atoms with Gasteiger partial charge in [0.15, 0.2) is 0 Å². The van der Waals surface area contributed by atoms with E-state index in [2.05, 4.69) is 27.1 Å². The van der Waals surface area contributed by atoms with Crippen LogP contribution in [0.5, 0.6) is 11.5 Å². The van der Waals surface area contributed by atoms with Crippen LogP contribution in [0.15, 0.2) is 67.1 Å². The van der Waals surface area contributed by atoms with Gasteiger partial charge in [-0.05, 0) is 55.8 Å². The zero-order valence-corrected chi connectivity index (χ0v) is 19.9. The van der Waals surface area contributed by atoms with E-state index in [9.17, 15) is 4.79 Å². The van der Waals surface area contributed by atoms with Gasteiger partial charge in [0, 0.05) is 24.3 Å². The summed E-state index contributed by atoms with van der Waals surface area (Å²) in [6.07, 6.45) is 5.67. The maximum atomic E-state index is 12.8. The molecule has 1 unspecified atom stereocenters. The molecule has 2 aromatic carbocycles. The van der Waals surface area contributed by atoms with Crippen LogP contribution in [0.2, 0.25) is 0 Å². The molecule has 4 aromatic rings. The second kappa shape index (κ2) is 10.1. The van der Waals surface area contributed by atoms with Gasteiger partial charge in [-0.3, -0.25) is 9.69 Å². The van der Waals surface area contributed by atoms with Gasteiger partial charge in [0.2, 0.25) is 5.91 Å². The molecule has 35 heavy (non-hydrogen) atoms. The van der Waals surface area contributed by atoms with Crippen LogP contribution in [0.4, 0.5) is 5.82 Å². The van der Waals surface area contributed by atoms with E-state index < -0.39 is 0 Å². The van der Waals surface area contributed by atoms with E-state index in [0.29, 0.717) is 24.1 Å². The van der Waals surface area contributed by atoms with E-state index in [1.807, 2.05) is 65.4 Å². The van der Waals surface area contributed by atoms with Crippen molar-refractivity contribution in [2.24, 2.45) is 0 Å². The molecule has 1 aliphatic heterocycles. The summed E-state index contributed by atoms with van der Waals surface area (Å²) in [5, 5.41) is 3.84. The number of hydrogen-bond acceptors (Lipinski definition) is 6. The van der Waals surface area contributed by atoms with Gasteiger partial charge in [-0.15, -0.1) is 0 Å². The fraction of sp³-hybridized carbons (Fsp3) is 0.296. The van der Waals surface area contributed by atoms with E-state index in [0.717, 1.165) is 47.5 Å². The molecule has 3 heterocycles. The van der Waals surface area contributed by atoms with Gasteiger partial charge in [0.1, 0.15) is 35.8 Å². The van der Waals surface area contributed by atoms with E-state index >= 15 is 0 Å². The Morgan fingerprint density at radius 2 is 1.89 bits per heavy atom. The fourth-order valence-electron chi connectivity index (χ4n) is 4.80. The topological polar surface area (TPSA) is 98.3 Å².